The molecule has 1 saturated carbocycles. The van der Waals surface area contributed by atoms with Crippen LogP contribution in [-0.2, 0) is 10.0 Å². The Labute approximate surface area is 108 Å². The maximum absolute atomic E-state index is 12.2. The minimum Gasteiger partial charge on any atom is -0.373 e. The van der Waals surface area contributed by atoms with E-state index in [0.717, 1.165) is 25.7 Å². The van der Waals surface area contributed by atoms with Gasteiger partial charge in [0, 0.05) is 25.4 Å². The van der Waals surface area contributed by atoms with Crippen LogP contribution < -0.4 is 10.0 Å². The summed E-state index contributed by atoms with van der Waals surface area (Å²) in [6.45, 7) is 0. The van der Waals surface area contributed by atoms with Crippen LogP contribution in [0.1, 0.15) is 32.1 Å². The maximum Gasteiger partial charge on any atom is 0.241 e. The second-order valence-corrected chi connectivity index (χ2v) is 6.30. The minimum absolute atomic E-state index is 0.0787. The van der Waals surface area contributed by atoms with Gasteiger partial charge < -0.3 is 5.32 Å². The summed E-state index contributed by atoms with van der Waals surface area (Å²) in [5.41, 5.74) is 0. The molecule has 0 radical (unpaired) electrons. The Morgan fingerprint density at radius 2 is 2.00 bits per heavy atom. The molecule has 18 heavy (non-hydrogen) atoms. The highest BCUT2D eigenvalue weighted by Crippen LogP contribution is 2.20. The molecule has 0 amide bonds. The average molecular weight is 269 g/mol. The van der Waals surface area contributed by atoms with Gasteiger partial charge in [0.1, 0.15) is 5.82 Å². The molecule has 0 bridgehead atoms. The summed E-state index contributed by atoms with van der Waals surface area (Å²) in [7, 11) is -1.71. The number of nitrogens with zero attached hydrogens (tertiary/aromatic N) is 1. The van der Waals surface area contributed by atoms with E-state index in [2.05, 4.69) is 15.0 Å². The monoisotopic (exact) mass is 269 g/mol. The summed E-state index contributed by atoms with van der Waals surface area (Å²) in [6, 6.07) is 3.15. The van der Waals surface area contributed by atoms with Crippen LogP contribution in [0.25, 0.3) is 0 Å². The topological polar surface area (TPSA) is 71.1 Å². The van der Waals surface area contributed by atoms with Crippen LogP contribution in [0.3, 0.4) is 0 Å². The highest BCUT2D eigenvalue weighted by Gasteiger charge is 2.21. The molecule has 6 heteroatoms. The number of pyridine rings is 1. The van der Waals surface area contributed by atoms with E-state index in [0.29, 0.717) is 5.82 Å². The zero-order valence-electron chi connectivity index (χ0n) is 10.5. The highest BCUT2D eigenvalue weighted by atomic mass is 32.2. The fourth-order valence-electron chi connectivity index (χ4n) is 2.22. The molecule has 0 unspecified atom stereocenters. The van der Waals surface area contributed by atoms with Gasteiger partial charge in [-0.3, -0.25) is 0 Å². The Morgan fingerprint density at radius 1 is 1.28 bits per heavy atom. The van der Waals surface area contributed by atoms with Crippen LogP contribution >= 0.6 is 0 Å². The molecule has 1 aliphatic rings. The second-order valence-electron chi connectivity index (χ2n) is 4.58. The lowest BCUT2D eigenvalue weighted by molar-refractivity contribution is 0.412. The molecule has 0 saturated heterocycles. The van der Waals surface area contributed by atoms with Crippen molar-refractivity contribution in [2.75, 3.05) is 12.4 Å². The molecule has 0 atom stereocenters. The largest absolute Gasteiger partial charge is 0.373 e. The molecule has 0 spiro atoms. The smallest absolute Gasteiger partial charge is 0.241 e. The van der Waals surface area contributed by atoms with E-state index in [9.17, 15) is 8.42 Å². The van der Waals surface area contributed by atoms with Crippen molar-refractivity contribution in [3.63, 3.8) is 0 Å². The van der Waals surface area contributed by atoms with E-state index in [1.54, 1.807) is 13.1 Å². The summed E-state index contributed by atoms with van der Waals surface area (Å²) in [6.07, 6.45) is 6.78. The fourth-order valence-corrected chi connectivity index (χ4v) is 3.54. The second kappa shape index (κ2) is 5.67. The average Bonchev–Trinajstić information content (AvgIpc) is 2.39. The highest BCUT2D eigenvalue weighted by molar-refractivity contribution is 7.89. The molecule has 1 aliphatic carbocycles. The Kier molecular flexibility index (Phi) is 4.19. The summed E-state index contributed by atoms with van der Waals surface area (Å²) in [5, 5.41) is 2.84. The van der Waals surface area contributed by atoms with Crippen LogP contribution in [0.2, 0.25) is 0 Å². The summed E-state index contributed by atoms with van der Waals surface area (Å²) < 4.78 is 27.2. The van der Waals surface area contributed by atoms with Gasteiger partial charge in [0.2, 0.25) is 10.0 Å². The predicted molar refractivity (Wildman–Crippen MR) is 71.0 cm³/mol. The van der Waals surface area contributed by atoms with Crippen molar-refractivity contribution in [3.8, 4) is 0 Å². The van der Waals surface area contributed by atoms with Crippen molar-refractivity contribution in [2.24, 2.45) is 0 Å². The van der Waals surface area contributed by atoms with Crippen molar-refractivity contribution in [1.29, 1.82) is 0 Å². The summed E-state index contributed by atoms with van der Waals surface area (Å²) in [4.78, 5) is 4.29. The van der Waals surface area contributed by atoms with Gasteiger partial charge in [-0.05, 0) is 18.9 Å². The lowest BCUT2D eigenvalue weighted by Crippen LogP contribution is -2.36. The molecule has 5 nitrogen and oxygen atoms in total. The molecule has 2 rings (SSSR count). The lowest BCUT2D eigenvalue weighted by Gasteiger charge is -2.22. The van der Waals surface area contributed by atoms with Crippen molar-refractivity contribution < 1.29 is 8.42 Å². The third kappa shape index (κ3) is 3.20. The van der Waals surface area contributed by atoms with Gasteiger partial charge >= 0.3 is 0 Å². The molecular weight excluding hydrogens is 250 g/mol. The summed E-state index contributed by atoms with van der Waals surface area (Å²) >= 11 is 0. The van der Waals surface area contributed by atoms with Gasteiger partial charge in [-0.15, -0.1) is 0 Å². The van der Waals surface area contributed by atoms with Crippen molar-refractivity contribution in [2.45, 2.75) is 43.0 Å². The number of rotatable bonds is 4. The van der Waals surface area contributed by atoms with E-state index in [4.69, 9.17) is 0 Å². The molecule has 100 valence electrons. The Bertz CT molecular complexity index is 496. The number of hydrogen-bond donors (Lipinski definition) is 2. The first-order chi connectivity index (χ1) is 8.62. The van der Waals surface area contributed by atoms with Gasteiger partial charge in [-0.25, -0.2) is 18.1 Å². The van der Waals surface area contributed by atoms with E-state index in [-0.39, 0.29) is 10.9 Å². The van der Waals surface area contributed by atoms with Crippen molar-refractivity contribution in [3.05, 3.63) is 18.3 Å². The number of anilines is 1. The number of hydrogen-bond acceptors (Lipinski definition) is 4. The standard InChI is InChI=1S/C12H19N3O2S/c1-13-12-9-11(7-8-14-12)18(16,17)15-10-5-3-2-4-6-10/h7-10,15H,2-6H2,1H3,(H,13,14). The molecule has 1 aromatic heterocycles. The fraction of sp³-hybridized carbons (Fsp3) is 0.583. The van der Waals surface area contributed by atoms with E-state index in [1.165, 1.54) is 18.7 Å². The molecular formula is C12H19N3O2S. The lowest BCUT2D eigenvalue weighted by atomic mass is 9.96. The van der Waals surface area contributed by atoms with Crippen LogP contribution in [-0.4, -0.2) is 26.5 Å². The van der Waals surface area contributed by atoms with Gasteiger partial charge in [0.25, 0.3) is 0 Å². The zero-order chi connectivity index (χ0) is 13.0. The van der Waals surface area contributed by atoms with Gasteiger partial charge in [0.05, 0.1) is 4.90 Å². The van der Waals surface area contributed by atoms with E-state index >= 15 is 0 Å². The van der Waals surface area contributed by atoms with Crippen LogP contribution in [0.15, 0.2) is 23.2 Å². The van der Waals surface area contributed by atoms with Crippen molar-refractivity contribution in [1.82, 2.24) is 9.71 Å². The first-order valence-corrected chi connectivity index (χ1v) is 7.76. The number of nitrogens with one attached hydrogen (secondary N) is 2. The van der Waals surface area contributed by atoms with E-state index < -0.39 is 10.0 Å². The van der Waals surface area contributed by atoms with Crippen LogP contribution in [0.5, 0.6) is 0 Å². The molecule has 1 fully saturated rings. The molecule has 0 aromatic carbocycles. The third-order valence-electron chi connectivity index (χ3n) is 3.22. The van der Waals surface area contributed by atoms with Gasteiger partial charge in [-0.2, -0.15) is 0 Å². The van der Waals surface area contributed by atoms with Gasteiger partial charge in [0.15, 0.2) is 0 Å². The maximum atomic E-state index is 12.2. The van der Waals surface area contributed by atoms with Crippen LogP contribution in [0, 0.1) is 0 Å². The quantitative estimate of drug-likeness (QED) is 0.873. The minimum atomic E-state index is -3.42. The predicted octanol–water partition coefficient (Wildman–Crippen LogP) is 1.73. The Balaban J connectivity index is 2.13. The molecule has 2 N–H and O–H groups in total. The molecule has 1 aromatic rings. The first-order valence-electron chi connectivity index (χ1n) is 6.28. The normalized spacial score (nSPS) is 17.6. The number of aromatic nitrogens is 1. The zero-order valence-corrected chi connectivity index (χ0v) is 11.3. The molecule has 0 aliphatic heterocycles. The van der Waals surface area contributed by atoms with E-state index in [1.807, 2.05) is 0 Å². The Morgan fingerprint density at radius 3 is 2.67 bits per heavy atom. The number of sulfonamides is 1. The summed E-state index contributed by atoms with van der Waals surface area (Å²) in [5.74, 6) is 0.557. The SMILES string of the molecule is CNc1cc(S(=O)(=O)NC2CCCCC2)ccn1. The molecule has 1 heterocycles. The Hall–Kier alpha value is -1.14. The van der Waals surface area contributed by atoms with Gasteiger partial charge in [-0.1, -0.05) is 19.3 Å². The van der Waals surface area contributed by atoms with Crippen LogP contribution in [0.4, 0.5) is 5.82 Å². The van der Waals surface area contributed by atoms with Crippen molar-refractivity contribution >= 4 is 15.8 Å². The third-order valence-corrected chi connectivity index (χ3v) is 4.74. The first kappa shape index (κ1) is 13.3.